The molecule has 0 radical (unpaired) electrons. The third-order valence-electron chi connectivity index (χ3n) is 2.75. The maximum absolute atomic E-state index is 12.0. The van der Waals surface area contributed by atoms with Crippen LogP contribution in [-0.4, -0.2) is 58.7 Å². The van der Waals surface area contributed by atoms with Crippen LogP contribution in [0.15, 0.2) is 15.9 Å². The lowest BCUT2D eigenvalue weighted by Gasteiger charge is -2.29. The predicted molar refractivity (Wildman–Crippen MR) is 76.1 cm³/mol. The van der Waals surface area contributed by atoms with Crippen LogP contribution in [0.1, 0.15) is 26.6 Å². The Balaban J connectivity index is 1.77. The minimum absolute atomic E-state index is 0.310. The second kappa shape index (κ2) is 6.55. The molecule has 1 N–H and O–H groups in total. The van der Waals surface area contributed by atoms with Gasteiger partial charge in [-0.05, 0) is 20.8 Å². The molecule has 1 amide bonds. The molecule has 0 spiro atoms. The van der Waals surface area contributed by atoms with Gasteiger partial charge in [0, 0.05) is 19.5 Å². The van der Waals surface area contributed by atoms with Gasteiger partial charge in [-0.25, -0.2) is 4.79 Å². The molecule has 1 aliphatic heterocycles. The van der Waals surface area contributed by atoms with Crippen molar-refractivity contribution < 1.29 is 14.1 Å². The van der Waals surface area contributed by atoms with Crippen LogP contribution in [0.25, 0.3) is 0 Å². The van der Waals surface area contributed by atoms with E-state index in [9.17, 15) is 4.79 Å². The summed E-state index contributed by atoms with van der Waals surface area (Å²) in [6.07, 6.45) is 1.63. The Hall–Kier alpha value is -2.12. The average Bonchev–Trinajstić information content (AvgIpc) is 2.90. The van der Waals surface area contributed by atoms with E-state index in [4.69, 9.17) is 4.74 Å². The number of hydrogen-bond acceptors (Lipinski definition) is 7. The van der Waals surface area contributed by atoms with Gasteiger partial charge in [-0.3, -0.25) is 9.89 Å². The number of amides is 1. The number of ether oxygens (including phenoxy) is 1. The van der Waals surface area contributed by atoms with E-state index in [-0.39, 0.29) is 6.09 Å². The van der Waals surface area contributed by atoms with Crippen LogP contribution in [-0.2, 0) is 11.2 Å². The van der Waals surface area contributed by atoms with Crippen molar-refractivity contribution in [1.82, 2.24) is 20.4 Å². The molecule has 0 aliphatic carbocycles. The molecular weight excluding hydrogens is 274 g/mol. The van der Waals surface area contributed by atoms with Gasteiger partial charge in [-0.15, -0.1) is 0 Å². The molecule has 1 aromatic rings. The first kappa shape index (κ1) is 15.3. The molecule has 0 aromatic carbocycles. The van der Waals surface area contributed by atoms with Crippen molar-refractivity contribution >= 4 is 11.9 Å². The lowest BCUT2D eigenvalue weighted by molar-refractivity contribution is 0.0276. The number of rotatable bonds is 3. The quantitative estimate of drug-likeness (QED) is 0.888. The number of amidine groups is 1. The normalized spacial score (nSPS) is 15.6. The number of carbonyl (C=O) groups is 1. The fourth-order valence-electron chi connectivity index (χ4n) is 1.83. The Morgan fingerprint density at radius 3 is 3.00 bits per heavy atom. The van der Waals surface area contributed by atoms with E-state index in [1.165, 1.54) is 6.39 Å². The molecule has 0 saturated heterocycles. The smallest absolute Gasteiger partial charge is 0.410 e. The Morgan fingerprint density at radius 1 is 1.52 bits per heavy atom. The second-order valence-corrected chi connectivity index (χ2v) is 5.75. The molecular formula is C13H21N5O3. The van der Waals surface area contributed by atoms with E-state index in [2.05, 4.69) is 25.0 Å². The lowest BCUT2D eigenvalue weighted by atomic mass is 10.2. The highest BCUT2D eigenvalue weighted by molar-refractivity contribution is 5.87. The van der Waals surface area contributed by atoms with Gasteiger partial charge in [-0.1, -0.05) is 5.16 Å². The van der Waals surface area contributed by atoms with Gasteiger partial charge >= 0.3 is 6.09 Å². The van der Waals surface area contributed by atoms with Crippen molar-refractivity contribution in [2.75, 3.05) is 26.2 Å². The van der Waals surface area contributed by atoms with Crippen molar-refractivity contribution in [3.8, 4) is 0 Å². The van der Waals surface area contributed by atoms with Gasteiger partial charge in [0.1, 0.15) is 11.4 Å². The maximum Gasteiger partial charge on any atom is 0.410 e. The minimum Gasteiger partial charge on any atom is -0.444 e. The van der Waals surface area contributed by atoms with Crippen LogP contribution in [0, 0.1) is 0 Å². The summed E-state index contributed by atoms with van der Waals surface area (Å²) in [6.45, 7) is 7.78. The second-order valence-electron chi connectivity index (χ2n) is 5.75. The first-order valence-electron chi connectivity index (χ1n) is 6.94. The molecule has 0 bridgehead atoms. The third-order valence-corrected chi connectivity index (χ3v) is 2.75. The maximum atomic E-state index is 12.0. The standard InChI is InChI=1S/C13H21N5O3/c1-13(2,3)21-12(19)18-7-6-15-11(8-18)14-5-4-10-16-9-20-17-10/h9H,4-8H2,1-3H3,(H,14,15). The van der Waals surface area contributed by atoms with Gasteiger partial charge in [0.2, 0.25) is 6.39 Å². The van der Waals surface area contributed by atoms with E-state index >= 15 is 0 Å². The van der Waals surface area contributed by atoms with Gasteiger partial charge in [0.25, 0.3) is 0 Å². The molecule has 0 atom stereocenters. The molecule has 0 fully saturated rings. The van der Waals surface area contributed by atoms with Crippen LogP contribution < -0.4 is 5.32 Å². The van der Waals surface area contributed by atoms with Gasteiger partial charge < -0.3 is 14.6 Å². The van der Waals surface area contributed by atoms with Crippen molar-refractivity contribution in [2.45, 2.75) is 32.8 Å². The zero-order chi connectivity index (χ0) is 15.3. The fraction of sp³-hybridized carbons (Fsp3) is 0.692. The summed E-state index contributed by atoms with van der Waals surface area (Å²) in [7, 11) is 0. The largest absolute Gasteiger partial charge is 0.444 e. The van der Waals surface area contributed by atoms with Gasteiger partial charge in [-0.2, -0.15) is 4.98 Å². The molecule has 0 saturated carbocycles. The third kappa shape index (κ3) is 5.05. The summed E-state index contributed by atoms with van der Waals surface area (Å²) in [5.41, 5.74) is -0.488. The Kier molecular flexibility index (Phi) is 4.77. The molecule has 8 nitrogen and oxygen atoms in total. The first-order valence-corrected chi connectivity index (χ1v) is 6.94. The van der Waals surface area contributed by atoms with E-state index < -0.39 is 5.60 Å². The highest BCUT2D eigenvalue weighted by atomic mass is 16.6. The van der Waals surface area contributed by atoms with Crippen molar-refractivity contribution in [2.24, 2.45) is 4.99 Å². The molecule has 0 unspecified atom stereocenters. The van der Waals surface area contributed by atoms with E-state index in [1.807, 2.05) is 20.8 Å². The Labute approximate surface area is 123 Å². The number of hydrogen-bond donors (Lipinski definition) is 1. The van der Waals surface area contributed by atoms with Crippen molar-refractivity contribution in [3.63, 3.8) is 0 Å². The lowest BCUT2D eigenvalue weighted by Crippen LogP contribution is -2.47. The molecule has 2 rings (SSSR count). The molecule has 2 heterocycles. The van der Waals surface area contributed by atoms with Crippen LogP contribution >= 0.6 is 0 Å². The first-order chi connectivity index (χ1) is 9.94. The molecule has 1 aromatic heterocycles. The van der Waals surface area contributed by atoms with Crippen LogP contribution in [0.5, 0.6) is 0 Å². The topological polar surface area (TPSA) is 92.8 Å². The van der Waals surface area contributed by atoms with Gasteiger partial charge in [0.05, 0.1) is 13.1 Å². The Morgan fingerprint density at radius 2 is 2.33 bits per heavy atom. The highest BCUT2D eigenvalue weighted by Crippen LogP contribution is 2.10. The SMILES string of the molecule is CC(C)(C)OC(=O)N1CCN=C(NCCc2ncon2)C1. The number of aromatic nitrogens is 2. The fourth-order valence-corrected chi connectivity index (χ4v) is 1.83. The number of aliphatic imine (C=N–C) groups is 1. The zero-order valence-electron chi connectivity index (χ0n) is 12.6. The van der Waals surface area contributed by atoms with E-state index in [0.717, 1.165) is 5.84 Å². The zero-order valence-corrected chi connectivity index (χ0v) is 12.6. The number of nitrogens with zero attached hydrogens (tertiary/aromatic N) is 4. The van der Waals surface area contributed by atoms with Crippen molar-refractivity contribution in [1.29, 1.82) is 0 Å². The predicted octanol–water partition coefficient (Wildman–Crippen LogP) is 0.851. The summed E-state index contributed by atoms with van der Waals surface area (Å²) in [5.74, 6) is 1.42. The summed E-state index contributed by atoms with van der Waals surface area (Å²) < 4.78 is 10.0. The number of carbonyl (C=O) groups excluding carboxylic acids is 1. The van der Waals surface area contributed by atoms with E-state index in [1.54, 1.807) is 4.90 Å². The van der Waals surface area contributed by atoms with Crippen LogP contribution in [0.2, 0.25) is 0 Å². The highest BCUT2D eigenvalue weighted by Gasteiger charge is 2.24. The number of nitrogens with one attached hydrogen (secondary N) is 1. The summed E-state index contributed by atoms with van der Waals surface area (Å²) in [4.78, 5) is 22.0. The molecule has 21 heavy (non-hydrogen) atoms. The average molecular weight is 295 g/mol. The van der Waals surface area contributed by atoms with Crippen molar-refractivity contribution in [3.05, 3.63) is 12.2 Å². The summed E-state index contributed by atoms with van der Waals surface area (Å²) in [6, 6.07) is 0. The van der Waals surface area contributed by atoms with Crippen LogP contribution in [0.3, 0.4) is 0 Å². The summed E-state index contributed by atoms with van der Waals surface area (Å²) >= 11 is 0. The molecule has 1 aliphatic rings. The van der Waals surface area contributed by atoms with Gasteiger partial charge in [0.15, 0.2) is 5.82 Å². The summed E-state index contributed by atoms with van der Waals surface area (Å²) in [5, 5.41) is 6.92. The van der Waals surface area contributed by atoms with Crippen LogP contribution in [0.4, 0.5) is 4.79 Å². The monoisotopic (exact) mass is 295 g/mol. The molecule has 116 valence electrons. The molecule has 8 heteroatoms. The Bertz CT molecular complexity index is 492. The minimum atomic E-state index is -0.488. The van der Waals surface area contributed by atoms with E-state index in [0.29, 0.717) is 38.4 Å².